The fourth-order valence-electron chi connectivity index (χ4n) is 5.77. The number of aryl methyl sites for hydroxylation is 1. The Bertz CT molecular complexity index is 1230. The Morgan fingerprint density at radius 2 is 1.55 bits per heavy atom. The summed E-state index contributed by atoms with van der Waals surface area (Å²) in [5.41, 5.74) is 7.62. The molecule has 0 spiro atoms. The van der Waals surface area contributed by atoms with E-state index in [1.165, 1.54) is 73.6 Å². The molecule has 0 unspecified atom stereocenters. The second-order valence-corrected chi connectivity index (χ2v) is 11.1. The van der Waals surface area contributed by atoms with Crippen LogP contribution in [0.25, 0.3) is 22.3 Å². The molecule has 3 aromatic carbocycles. The van der Waals surface area contributed by atoms with Crippen molar-refractivity contribution in [1.82, 2.24) is 0 Å². The van der Waals surface area contributed by atoms with Gasteiger partial charge < -0.3 is 14.6 Å². The van der Waals surface area contributed by atoms with Gasteiger partial charge in [0.1, 0.15) is 19.0 Å². The molecule has 0 aliphatic heterocycles. The number of aliphatic hydroxyl groups is 1. The number of hydrogen-bond donors (Lipinski definition) is 1. The Labute approximate surface area is 240 Å². The third-order valence-electron chi connectivity index (χ3n) is 8.23. The largest absolute Gasteiger partial charge is 0.490 e. The molecule has 4 rings (SSSR count). The number of rotatable bonds is 13. The molecular weight excluding hydrogens is 496 g/mol. The topological polar surface area (TPSA) is 55.8 Å². The first kappa shape index (κ1) is 29.6. The Balaban J connectivity index is 1.30. The van der Waals surface area contributed by atoms with Crippen LogP contribution in [0.15, 0.2) is 78.9 Å². The molecule has 0 radical (unpaired) electrons. The van der Waals surface area contributed by atoms with E-state index in [1.807, 2.05) is 24.3 Å². The smallest absolute Gasteiger partial charge is 0.335 e. The second-order valence-electron chi connectivity index (χ2n) is 11.1. The maximum atomic E-state index is 11.5. The van der Waals surface area contributed by atoms with Gasteiger partial charge in [-0.25, -0.2) is 4.79 Å². The second kappa shape index (κ2) is 14.9. The number of unbranched alkanes of at least 4 members (excludes halogenated alkanes) is 2. The van der Waals surface area contributed by atoms with Crippen molar-refractivity contribution < 1.29 is 19.4 Å². The highest BCUT2D eigenvalue weighted by Gasteiger charge is 2.22. The zero-order valence-electron chi connectivity index (χ0n) is 24.2. The summed E-state index contributed by atoms with van der Waals surface area (Å²) in [6.07, 6.45) is 11.0. The minimum absolute atomic E-state index is 0.0354. The number of esters is 1. The normalized spacial score (nSPS) is 16.9. The van der Waals surface area contributed by atoms with Crippen molar-refractivity contribution >= 4 is 5.97 Å². The molecule has 0 bridgehead atoms. The third-order valence-corrected chi connectivity index (χ3v) is 8.23. The Morgan fingerprint density at radius 3 is 2.20 bits per heavy atom. The summed E-state index contributed by atoms with van der Waals surface area (Å²) in [6, 6.07) is 23.9. The average Bonchev–Trinajstić information content (AvgIpc) is 2.99. The fourth-order valence-corrected chi connectivity index (χ4v) is 5.77. The predicted molar refractivity (Wildman–Crippen MR) is 164 cm³/mol. The van der Waals surface area contributed by atoms with E-state index in [0.717, 1.165) is 17.0 Å². The Kier molecular flexibility index (Phi) is 11.0. The van der Waals surface area contributed by atoms with Crippen LogP contribution < -0.4 is 4.74 Å². The van der Waals surface area contributed by atoms with Crippen LogP contribution >= 0.6 is 0 Å². The van der Waals surface area contributed by atoms with E-state index >= 15 is 0 Å². The molecule has 0 saturated heterocycles. The summed E-state index contributed by atoms with van der Waals surface area (Å²) in [7, 11) is 0. The van der Waals surface area contributed by atoms with Gasteiger partial charge in [0, 0.05) is 0 Å². The van der Waals surface area contributed by atoms with Crippen LogP contribution in [-0.2, 0) is 9.53 Å². The first-order chi connectivity index (χ1) is 19.5. The predicted octanol–water partition coefficient (Wildman–Crippen LogP) is 8.65. The molecule has 1 aliphatic carbocycles. The maximum Gasteiger partial charge on any atom is 0.335 e. The van der Waals surface area contributed by atoms with Crippen LogP contribution in [0, 0.1) is 12.8 Å². The molecule has 4 heteroatoms. The summed E-state index contributed by atoms with van der Waals surface area (Å²) in [6.45, 7) is 7.83. The van der Waals surface area contributed by atoms with Crippen molar-refractivity contribution in [1.29, 1.82) is 0 Å². The molecule has 1 N–H and O–H groups in total. The minimum atomic E-state index is -0.605. The number of ether oxygens (including phenoxy) is 2. The lowest BCUT2D eigenvalue weighted by atomic mass is 9.77. The van der Waals surface area contributed by atoms with Gasteiger partial charge >= 0.3 is 5.97 Å². The van der Waals surface area contributed by atoms with Crippen LogP contribution in [-0.4, -0.2) is 30.9 Å². The molecular formula is C36H44O4. The van der Waals surface area contributed by atoms with Gasteiger partial charge in [-0.2, -0.15) is 0 Å². The molecule has 1 fully saturated rings. The van der Waals surface area contributed by atoms with Crippen LogP contribution in [0.3, 0.4) is 0 Å². The van der Waals surface area contributed by atoms with Gasteiger partial charge in [0.15, 0.2) is 0 Å². The molecule has 1 aliphatic rings. The van der Waals surface area contributed by atoms with Crippen molar-refractivity contribution in [2.45, 2.75) is 71.1 Å². The van der Waals surface area contributed by atoms with E-state index in [-0.39, 0.29) is 18.8 Å². The minimum Gasteiger partial charge on any atom is -0.490 e. The van der Waals surface area contributed by atoms with Gasteiger partial charge in [-0.3, -0.25) is 0 Å². The monoisotopic (exact) mass is 540 g/mol. The van der Waals surface area contributed by atoms with Crippen LogP contribution in [0.2, 0.25) is 0 Å². The lowest BCUT2D eigenvalue weighted by molar-refractivity contribution is -0.140. The lowest BCUT2D eigenvalue weighted by Crippen LogP contribution is -2.14. The molecule has 0 aromatic heterocycles. The average molecular weight is 541 g/mol. The molecule has 0 atom stereocenters. The van der Waals surface area contributed by atoms with Gasteiger partial charge in [0.05, 0.1) is 12.2 Å². The summed E-state index contributed by atoms with van der Waals surface area (Å²) in [4.78, 5) is 11.5. The lowest BCUT2D eigenvalue weighted by Gasteiger charge is -2.29. The summed E-state index contributed by atoms with van der Waals surface area (Å²) in [5, 5.41) is 8.90. The van der Waals surface area contributed by atoms with Gasteiger partial charge in [-0.05, 0) is 90.0 Å². The first-order valence-corrected chi connectivity index (χ1v) is 14.9. The van der Waals surface area contributed by atoms with Crippen molar-refractivity contribution in [3.05, 3.63) is 90.0 Å². The number of aliphatic hydroxyl groups excluding tert-OH is 1. The molecule has 0 amide bonds. The van der Waals surface area contributed by atoms with E-state index in [0.29, 0.717) is 11.7 Å². The highest BCUT2D eigenvalue weighted by atomic mass is 16.6. The highest BCUT2D eigenvalue weighted by Crippen LogP contribution is 2.38. The zero-order chi connectivity index (χ0) is 28.3. The Hall–Kier alpha value is -3.37. The SMILES string of the molecule is C=C(CO)C(=O)OCCOc1ccc(-c2ccc(-c3ccc(C4CCC(CCCCC)CC4)cc3)c(C)c2)cc1. The number of carbonyl (C=O) groups excluding carboxylic acids is 1. The van der Waals surface area contributed by atoms with E-state index in [4.69, 9.17) is 14.6 Å². The molecule has 1 saturated carbocycles. The molecule has 212 valence electrons. The van der Waals surface area contributed by atoms with Crippen LogP contribution in [0.5, 0.6) is 5.75 Å². The van der Waals surface area contributed by atoms with Gasteiger partial charge in [0.2, 0.25) is 0 Å². The molecule has 3 aromatic rings. The summed E-state index contributed by atoms with van der Waals surface area (Å²) in [5.74, 6) is 1.77. The van der Waals surface area contributed by atoms with Crippen LogP contribution in [0.4, 0.5) is 0 Å². The maximum absolute atomic E-state index is 11.5. The summed E-state index contributed by atoms with van der Waals surface area (Å²) >= 11 is 0. The van der Waals surface area contributed by atoms with E-state index in [1.54, 1.807) is 0 Å². The van der Waals surface area contributed by atoms with Crippen molar-refractivity contribution in [2.75, 3.05) is 19.8 Å². The van der Waals surface area contributed by atoms with Crippen molar-refractivity contribution in [3.63, 3.8) is 0 Å². The quantitative estimate of drug-likeness (QED) is 0.134. The number of carbonyl (C=O) groups is 1. The molecule has 0 heterocycles. The molecule has 40 heavy (non-hydrogen) atoms. The highest BCUT2D eigenvalue weighted by molar-refractivity contribution is 5.87. The zero-order valence-corrected chi connectivity index (χ0v) is 24.2. The van der Waals surface area contributed by atoms with Gasteiger partial charge in [0.25, 0.3) is 0 Å². The Morgan fingerprint density at radius 1 is 0.875 bits per heavy atom. The third kappa shape index (κ3) is 8.08. The fraction of sp³-hybridized carbons (Fsp3) is 0.417. The number of hydrogen-bond acceptors (Lipinski definition) is 4. The van der Waals surface area contributed by atoms with E-state index < -0.39 is 12.6 Å². The van der Waals surface area contributed by atoms with Gasteiger partial charge in [-0.15, -0.1) is 0 Å². The standard InChI is InChI=1S/C36H44O4/c1-4-5-6-7-28-8-10-29(11-9-28)30-12-14-32(15-13-30)35-21-18-33(24-26(35)2)31-16-19-34(20-17-31)39-22-23-40-36(38)27(3)25-37/h12-21,24,28-29,37H,3-11,22-23,25H2,1-2H3. The van der Waals surface area contributed by atoms with Crippen LogP contribution in [0.1, 0.15) is 75.3 Å². The van der Waals surface area contributed by atoms with Crippen molar-refractivity contribution in [3.8, 4) is 28.0 Å². The van der Waals surface area contributed by atoms with Gasteiger partial charge in [-0.1, -0.05) is 93.8 Å². The van der Waals surface area contributed by atoms with E-state index in [2.05, 4.69) is 62.9 Å². The van der Waals surface area contributed by atoms with Crippen molar-refractivity contribution in [2.24, 2.45) is 5.92 Å². The first-order valence-electron chi connectivity index (χ1n) is 14.9. The molecule has 4 nitrogen and oxygen atoms in total. The number of benzene rings is 3. The van der Waals surface area contributed by atoms with E-state index in [9.17, 15) is 4.79 Å². The summed E-state index contributed by atoms with van der Waals surface area (Å²) < 4.78 is 10.7.